The Labute approximate surface area is 524 Å². The van der Waals surface area contributed by atoms with Gasteiger partial charge in [-0.2, -0.15) is 0 Å². The van der Waals surface area contributed by atoms with E-state index in [9.17, 15) is 43.7 Å². The van der Waals surface area contributed by atoms with Crippen LogP contribution in [0.3, 0.4) is 0 Å². The zero-order chi connectivity index (χ0) is 63.2. The number of unbranched alkanes of at least 4 members (excludes halogenated alkanes) is 16. The van der Waals surface area contributed by atoms with Crippen LogP contribution in [0.5, 0.6) is 28.7 Å². The van der Waals surface area contributed by atoms with Crippen LogP contribution in [0.2, 0.25) is 0 Å². The zero-order valence-electron chi connectivity index (χ0n) is 50.5. The summed E-state index contributed by atoms with van der Waals surface area (Å²) in [6.45, 7) is 8.78. The summed E-state index contributed by atoms with van der Waals surface area (Å²) < 4.78 is 39.5. The third kappa shape index (κ3) is 22.2. The SMILES string of the molecule is C=CC(=O)OCCCCCCCCCCCOc1ccc(OC(=O)C2CCC(C(=O)Oc3ccc(OC(=O)c4ccc(C(=O)C(=O)c5ccc(OCCCCCCCCCCCOC(=O)C=C)cc5)cc4)c4c3SC(c3ccc([N+](=O)[O-])cc3)N4)CC2)cc1. The van der Waals surface area contributed by atoms with E-state index in [1.54, 1.807) is 60.7 Å². The predicted octanol–water partition coefficient (Wildman–Crippen LogP) is 15.7. The third-order valence-electron chi connectivity index (χ3n) is 15.5. The van der Waals surface area contributed by atoms with E-state index in [4.69, 9.17) is 33.2 Å². The van der Waals surface area contributed by atoms with Crippen molar-refractivity contribution in [3.8, 4) is 28.7 Å². The van der Waals surface area contributed by atoms with Gasteiger partial charge in [-0.3, -0.25) is 29.3 Å². The number of nitrogens with one attached hydrogen (secondary N) is 1. The van der Waals surface area contributed by atoms with E-state index < -0.39 is 45.6 Å². The summed E-state index contributed by atoms with van der Waals surface area (Å²) in [6, 6.07) is 28.0. The van der Waals surface area contributed by atoms with Crippen molar-refractivity contribution in [2.45, 2.75) is 152 Å². The molecular weight excluding hydrogens is 1160 g/mol. The molecule has 0 saturated heterocycles. The molecule has 19 heteroatoms. The molecule has 89 heavy (non-hydrogen) atoms. The fourth-order valence-corrected chi connectivity index (χ4v) is 11.5. The molecule has 472 valence electrons. The lowest BCUT2D eigenvalue weighted by atomic mass is 9.82. The first-order valence-corrected chi connectivity index (χ1v) is 31.9. The second-order valence-electron chi connectivity index (χ2n) is 22.1. The first-order chi connectivity index (χ1) is 43.3. The van der Waals surface area contributed by atoms with Gasteiger partial charge in [0.25, 0.3) is 5.69 Å². The van der Waals surface area contributed by atoms with Crippen LogP contribution in [0.4, 0.5) is 11.4 Å². The van der Waals surface area contributed by atoms with Gasteiger partial charge in [0, 0.05) is 35.4 Å². The Hall–Kier alpha value is -8.58. The molecule has 1 atom stereocenters. The number of nitrogens with zero attached hydrogens (tertiary/aromatic N) is 1. The van der Waals surface area contributed by atoms with Crippen LogP contribution in [0.25, 0.3) is 0 Å². The van der Waals surface area contributed by atoms with Crippen molar-refractivity contribution in [1.29, 1.82) is 0 Å². The Kier molecular flexibility index (Phi) is 28.0. The molecule has 5 aromatic rings. The number of thioether (sulfide) groups is 1. The van der Waals surface area contributed by atoms with E-state index in [1.807, 2.05) is 0 Å². The number of carbonyl (C=O) groups is 7. The molecule has 2 aliphatic rings. The van der Waals surface area contributed by atoms with E-state index in [2.05, 4.69) is 18.5 Å². The average molecular weight is 1240 g/mol. The van der Waals surface area contributed by atoms with Crippen molar-refractivity contribution in [2.75, 3.05) is 31.7 Å². The first kappa shape index (κ1) is 67.9. The fraction of sp³-hybridized carbons (Fsp3) is 0.414. The molecular formula is C70H80N2O16S. The van der Waals surface area contributed by atoms with Crippen LogP contribution in [0, 0.1) is 22.0 Å². The first-order valence-electron chi connectivity index (χ1n) is 31.0. The Balaban J connectivity index is 0.838. The number of non-ortho nitro benzene ring substituents is 1. The molecule has 1 saturated carbocycles. The number of nitro benzene ring substituents is 1. The van der Waals surface area contributed by atoms with Crippen molar-refractivity contribution in [2.24, 2.45) is 11.8 Å². The number of carbonyl (C=O) groups excluding carboxylic acids is 7. The Morgan fingerprint density at radius 1 is 0.472 bits per heavy atom. The smallest absolute Gasteiger partial charge is 0.343 e. The van der Waals surface area contributed by atoms with Gasteiger partial charge < -0.3 is 38.5 Å². The van der Waals surface area contributed by atoms with E-state index >= 15 is 0 Å². The number of anilines is 1. The summed E-state index contributed by atoms with van der Waals surface area (Å²) in [7, 11) is 0. The van der Waals surface area contributed by atoms with E-state index in [0.29, 0.717) is 85.5 Å². The van der Waals surface area contributed by atoms with Gasteiger partial charge in [-0.25, -0.2) is 14.4 Å². The molecule has 0 amide bonds. The lowest BCUT2D eigenvalue weighted by Gasteiger charge is -2.26. The number of nitro groups is 1. The van der Waals surface area contributed by atoms with Gasteiger partial charge in [-0.15, -0.1) is 0 Å². The highest BCUT2D eigenvalue weighted by Gasteiger charge is 2.35. The van der Waals surface area contributed by atoms with Crippen molar-refractivity contribution in [3.05, 3.63) is 167 Å². The number of ether oxygens (including phenoxy) is 7. The molecule has 0 spiro atoms. The van der Waals surface area contributed by atoms with E-state index in [0.717, 1.165) is 96.3 Å². The van der Waals surface area contributed by atoms with Gasteiger partial charge in [0.05, 0.1) is 59.3 Å². The molecule has 7 rings (SSSR count). The molecule has 1 unspecified atom stereocenters. The molecule has 1 N–H and O–H groups in total. The highest BCUT2D eigenvalue weighted by molar-refractivity contribution is 8.00. The number of rotatable bonds is 39. The second-order valence-corrected chi connectivity index (χ2v) is 23.2. The predicted molar refractivity (Wildman–Crippen MR) is 338 cm³/mol. The molecule has 0 bridgehead atoms. The van der Waals surface area contributed by atoms with Crippen molar-refractivity contribution >= 4 is 64.5 Å². The molecule has 5 aromatic carbocycles. The molecule has 0 radical (unpaired) electrons. The van der Waals surface area contributed by atoms with Gasteiger partial charge in [-0.1, -0.05) is 127 Å². The van der Waals surface area contributed by atoms with Gasteiger partial charge in [0.15, 0.2) is 5.75 Å². The van der Waals surface area contributed by atoms with Crippen LogP contribution >= 0.6 is 11.8 Å². The molecule has 18 nitrogen and oxygen atoms in total. The molecule has 1 aliphatic heterocycles. The lowest BCUT2D eigenvalue weighted by Crippen LogP contribution is -2.30. The summed E-state index contributed by atoms with van der Waals surface area (Å²) in [5.41, 5.74) is 1.28. The maximum Gasteiger partial charge on any atom is 0.343 e. The lowest BCUT2D eigenvalue weighted by molar-refractivity contribution is -0.384. The van der Waals surface area contributed by atoms with Crippen LogP contribution in [-0.2, 0) is 28.7 Å². The van der Waals surface area contributed by atoms with Crippen molar-refractivity contribution in [3.63, 3.8) is 0 Å². The minimum absolute atomic E-state index is 0.0763. The van der Waals surface area contributed by atoms with Gasteiger partial charge in [0.2, 0.25) is 11.6 Å². The number of hydrogen-bond acceptors (Lipinski definition) is 18. The molecule has 1 fully saturated rings. The number of ketones is 2. The van der Waals surface area contributed by atoms with Crippen LogP contribution < -0.4 is 29.0 Å². The maximum absolute atomic E-state index is 13.8. The quantitative estimate of drug-likeness (QED) is 0.00562. The summed E-state index contributed by atoms with van der Waals surface area (Å²) in [4.78, 5) is 101. The van der Waals surface area contributed by atoms with E-state index in [-0.39, 0.29) is 51.8 Å². The van der Waals surface area contributed by atoms with Gasteiger partial charge in [0.1, 0.15) is 28.4 Å². The molecule has 1 heterocycles. The second kappa shape index (κ2) is 36.7. The summed E-state index contributed by atoms with van der Waals surface area (Å²) >= 11 is 1.28. The minimum atomic E-state index is -0.769. The third-order valence-corrected chi connectivity index (χ3v) is 16.8. The maximum atomic E-state index is 13.8. The topological polar surface area (TPSA) is 239 Å². The monoisotopic (exact) mass is 1240 g/mol. The standard InChI is InChI=1S/C70H80N2O16S/c1-3-61(73)84-47-21-17-13-9-5-7-11-15-19-45-82-56-37-33-50(34-38-56)65(76)64(75)49-23-25-53(26-24-49)69(78)87-59-43-44-60(66-63(59)71-67(89-66)51-31-35-55(36-32-51)72(80)81)88-70(79)54-29-27-52(28-30-54)68(77)86-58-41-39-57(40-42-58)83-46-20-16-12-8-6-10-14-18-22-48-85-62(74)4-2/h3-4,23-26,31-44,52,54,67,71H,1-2,5-22,27-30,45-48H2. The highest BCUT2D eigenvalue weighted by Crippen LogP contribution is 2.55. The largest absolute Gasteiger partial charge is 0.494 e. The van der Waals surface area contributed by atoms with Gasteiger partial charge >= 0.3 is 29.8 Å². The van der Waals surface area contributed by atoms with E-state index in [1.165, 1.54) is 91.7 Å². The Morgan fingerprint density at radius 2 is 0.865 bits per heavy atom. The number of hydrogen-bond donors (Lipinski definition) is 1. The number of Topliss-reactive ketones (excluding diaryl/α,β-unsaturated/α-hetero) is 2. The Bertz CT molecular complexity index is 3170. The summed E-state index contributed by atoms with van der Waals surface area (Å²) in [5, 5.41) is 14.3. The van der Waals surface area contributed by atoms with Crippen LogP contribution in [0.1, 0.15) is 183 Å². The van der Waals surface area contributed by atoms with Crippen molar-refractivity contribution in [1.82, 2.24) is 0 Å². The Morgan fingerprint density at radius 3 is 1.33 bits per heavy atom. The van der Waals surface area contributed by atoms with Crippen molar-refractivity contribution < 1.29 is 71.6 Å². The number of fused-ring (bicyclic) bond motifs is 1. The fourth-order valence-electron chi connectivity index (χ4n) is 10.3. The zero-order valence-corrected chi connectivity index (χ0v) is 51.3. The minimum Gasteiger partial charge on any atom is -0.494 e. The molecule has 0 aromatic heterocycles. The number of esters is 5. The highest BCUT2D eigenvalue weighted by atomic mass is 32.2. The van der Waals surface area contributed by atoms with Crippen LogP contribution in [-0.4, -0.2) is 72.8 Å². The normalized spacial score (nSPS) is 14.9. The summed E-state index contributed by atoms with van der Waals surface area (Å²) in [5.74, 6) is -2.77. The molecule has 1 aliphatic carbocycles. The van der Waals surface area contributed by atoms with Gasteiger partial charge in [-0.05, 0) is 142 Å². The number of benzene rings is 5. The summed E-state index contributed by atoms with van der Waals surface area (Å²) in [6.07, 6.45) is 23.2. The van der Waals surface area contributed by atoms with Crippen LogP contribution in [0.15, 0.2) is 139 Å². The average Bonchev–Trinajstić information content (AvgIpc) is 1.83.